The maximum atomic E-state index is 2.26. The summed E-state index contributed by atoms with van der Waals surface area (Å²) in [6, 6.07) is 0. The fraction of sp³-hybridized carbons (Fsp3) is 0.250. The van der Waals surface area contributed by atoms with E-state index in [2.05, 4.69) is 30.4 Å². The second-order valence-electron chi connectivity index (χ2n) is 2.30. The molecule has 0 nitrogen and oxygen atoms in total. The molecule has 0 amide bonds. The average Bonchev–Trinajstić information content (AvgIpc) is 1.47. The van der Waals surface area contributed by atoms with Gasteiger partial charge in [-0.3, -0.25) is 0 Å². The molecule has 0 saturated carbocycles. The number of allylic oxidation sites excluding steroid dienone is 6. The molecule has 0 radical (unpaired) electrons. The van der Waals surface area contributed by atoms with E-state index in [1.54, 1.807) is 0 Å². The van der Waals surface area contributed by atoms with Crippen LogP contribution in [0.2, 0.25) is 0 Å². The van der Waals surface area contributed by atoms with Crippen LogP contribution >= 0.6 is 0 Å². The Morgan fingerprint density at radius 2 is 2.25 bits per heavy atom. The van der Waals surface area contributed by atoms with Crippen molar-refractivity contribution in [2.75, 3.05) is 0 Å². The maximum Gasteiger partial charge on any atom is 0.00524 e. The minimum Gasteiger partial charge on any atom is -0.0870 e. The van der Waals surface area contributed by atoms with Gasteiger partial charge in [0.1, 0.15) is 0 Å². The Labute approximate surface area is 49.2 Å². The summed E-state index contributed by atoms with van der Waals surface area (Å²) in [4.78, 5) is 0. The molecule has 2 rings (SSSR count). The Bertz CT molecular complexity index is 182. The molecule has 0 heterocycles. The molecule has 2 aliphatic carbocycles. The second kappa shape index (κ2) is 1.35. The summed E-state index contributed by atoms with van der Waals surface area (Å²) in [5.41, 5.74) is 1.51. The summed E-state index contributed by atoms with van der Waals surface area (Å²) in [5, 5.41) is 0. The SMILES string of the molecule is C1=CC(C2C=CC2)=C1. The van der Waals surface area contributed by atoms with Crippen LogP contribution in [0, 0.1) is 5.92 Å². The lowest BCUT2D eigenvalue weighted by Crippen LogP contribution is -2.06. The summed E-state index contributed by atoms with van der Waals surface area (Å²) in [7, 11) is 0. The van der Waals surface area contributed by atoms with Crippen molar-refractivity contribution in [3.05, 3.63) is 36.0 Å². The van der Waals surface area contributed by atoms with Crippen molar-refractivity contribution in [1.29, 1.82) is 0 Å². The monoisotopic (exact) mass is 104 g/mol. The Balaban J connectivity index is 2.08. The molecule has 0 fully saturated rings. The van der Waals surface area contributed by atoms with Crippen molar-refractivity contribution < 1.29 is 0 Å². The molecule has 0 saturated heterocycles. The molecule has 0 aliphatic heterocycles. The highest BCUT2D eigenvalue weighted by Gasteiger charge is 2.14. The molecule has 0 aromatic rings. The number of rotatable bonds is 1. The molecule has 0 aromatic heterocycles. The van der Waals surface area contributed by atoms with Crippen molar-refractivity contribution in [3.8, 4) is 0 Å². The minimum atomic E-state index is 0.778. The van der Waals surface area contributed by atoms with Crippen LogP contribution in [-0.4, -0.2) is 0 Å². The summed E-state index contributed by atoms with van der Waals surface area (Å²) >= 11 is 0. The fourth-order valence-corrected chi connectivity index (χ4v) is 0.974. The Hall–Kier alpha value is -0.780. The molecule has 40 valence electrons. The highest BCUT2D eigenvalue weighted by molar-refractivity contribution is 5.41. The summed E-state index contributed by atoms with van der Waals surface area (Å²) in [5.74, 6) is 0.778. The molecular weight excluding hydrogens is 96.1 g/mol. The van der Waals surface area contributed by atoms with Gasteiger partial charge >= 0.3 is 0 Å². The van der Waals surface area contributed by atoms with Gasteiger partial charge in [0.15, 0.2) is 0 Å². The third-order valence-electron chi connectivity index (χ3n) is 1.76. The molecule has 1 atom stereocenters. The summed E-state index contributed by atoms with van der Waals surface area (Å²) in [6.07, 6.45) is 12.2. The smallest absolute Gasteiger partial charge is 0.00524 e. The van der Waals surface area contributed by atoms with Gasteiger partial charge in [0.2, 0.25) is 0 Å². The highest BCUT2D eigenvalue weighted by Crippen LogP contribution is 2.29. The summed E-state index contributed by atoms with van der Waals surface area (Å²) in [6.45, 7) is 0. The molecule has 0 aromatic carbocycles. The van der Waals surface area contributed by atoms with Crippen LogP contribution in [0.15, 0.2) is 36.0 Å². The third-order valence-corrected chi connectivity index (χ3v) is 1.76. The van der Waals surface area contributed by atoms with Crippen molar-refractivity contribution in [2.45, 2.75) is 6.42 Å². The maximum absolute atomic E-state index is 2.26. The van der Waals surface area contributed by atoms with Crippen LogP contribution < -0.4 is 0 Å². The normalized spacial score (nSPS) is 31.0. The van der Waals surface area contributed by atoms with E-state index in [1.165, 1.54) is 12.0 Å². The molecule has 0 N–H and O–H groups in total. The molecule has 0 bridgehead atoms. The van der Waals surface area contributed by atoms with Gasteiger partial charge in [-0.25, -0.2) is 0 Å². The zero-order valence-corrected chi connectivity index (χ0v) is 4.67. The van der Waals surface area contributed by atoms with E-state index in [9.17, 15) is 0 Å². The van der Waals surface area contributed by atoms with E-state index in [0.717, 1.165) is 5.92 Å². The van der Waals surface area contributed by atoms with Gasteiger partial charge in [-0.05, 0) is 12.0 Å². The number of hydrogen-bond donors (Lipinski definition) is 0. The predicted molar refractivity (Wildman–Crippen MR) is 34.5 cm³/mol. The first-order valence-electron chi connectivity index (χ1n) is 3.02. The third kappa shape index (κ3) is 0.401. The van der Waals surface area contributed by atoms with Crippen molar-refractivity contribution in [3.63, 3.8) is 0 Å². The standard InChI is InChI=1S/C8H8/c1-3-7(4-1)8-5-2-6-8/h1-5,8H,6H2. The van der Waals surface area contributed by atoms with Gasteiger partial charge in [0.05, 0.1) is 0 Å². The van der Waals surface area contributed by atoms with Gasteiger partial charge < -0.3 is 0 Å². The number of hydrogen-bond acceptors (Lipinski definition) is 0. The lowest BCUT2D eigenvalue weighted by molar-refractivity contribution is 0.723. The molecule has 0 heteroatoms. The van der Waals surface area contributed by atoms with Crippen LogP contribution in [0.1, 0.15) is 6.42 Å². The van der Waals surface area contributed by atoms with Crippen LogP contribution in [0.3, 0.4) is 0 Å². The van der Waals surface area contributed by atoms with Crippen molar-refractivity contribution in [1.82, 2.24) is 0 Å². The van der Waals surface area contributed by atoms with E-state index in [4.69, 9.17) is 0 Å². The van der Waals surface area contributed by atoms with Gasteiger partial charge in [0, 0.05) is 5.92 Å². The molecule has 8 heavy (non-hydrogen) atoms. The average molecular weight is 104 g/mol. The first-order valence-corrected chi connectivity index (χ1v) is 3.02. The zero-order chi connectivity index (χ0) is 5.40. The zero-order valence-electron chi connectivity index (χ0n) is 4.67. The van der Waals surface area contributed by atoms with E-state index in [0.29, 0.717) is 0 Å². The lowest BCUT2D eigenvalue weighted by Gasteiger charge is -2.21. The Morgan fingerprint density at radius 3 is 2.38 bits per heavy atom. The van der Waals surface area contributed by atoms with Gasteiger partial charge in [-0.15, -0.1) is 0 Å². The van der Waals surface area contributed by atoms with Crippen LogP contribution in [0.5, 0.6) is 0 Å². The highest BCUT2D eigenvalue weighted by atomic mass is 14.2. The lowest BCUT2D eigenvalue weighted by atomic mass is 9.84. The van der Waals surface area contributed by atoms with E-state index < -0.39 is 0 Å². The van der Waals surface area contributed by atoms with E-state index >= 15 is 0 Å². The van der Waals surface area contributed by atoms with Gasteiger partial charge in [-0.2, -0.15) is 0 Å². The second-order valence-corrected chi connectivity index (χ2v) is 2.30. The Morgan fingerprint density at radius 1 is 1.50 bits per heavy atom. The molecular formula is C8H8. The topological polar surface area (TPSA) is 0 Å². The van der Waals surface area contributed by atoms with Crippen molar-refractivity contribution in [2.24, 2.45) is 5.92 Å². The van der Waals surface area contributed by atoms with Crippen molar-refractivity contribution >= 4 is 0 Å². The first kappa shape index (κ1) is 4.13. The minimum absolute atomic E-state index is 0.778. The van der Waals surface area contributed by atoms with E-state index in [-0.39, 0.29) is 0 Å². The van der Waals surface area contributed by atoms with Crippen LogP contribution in [0.4, 0.5) is 0 Å². The quantitative estimate of drug-likeness (QED) is 0.447. The van der Waals surface area contributed by atoms with Gasteiger partial charge in [0.25, 0.3) is 0 Å². The summed E-state index contributed by atoms with van der Waals surface area (Å²) < 4.78 is 0. The fourth-order valence-electron chi connectivity index (χ4n) is 0.974. The molecule has 0 spiro atoms. The molecule has 1 unspecified atom stereocenters. The van der Waals surface area contributed by atoms with Crippen LogP contribution in [0.25, 0.3) is 0 Å². The molecule has 2 aliphatic rings. The first-order chi connectivity index (χ1) is 3.97. The largest absolute Gasteiger partial charge is 0.0870 e. The van der Waals surface area contributed by atoms with Crippen LogP contribution in [-0.2, 0) is 0 Å². The Kier molecular flexibility index (Phi) is 0.696. The van der Waals surface area contributed by atoms with E-state index in [1.807, 2.05) is 0 Å². The predicted octanol–water partition coefficient (Wildman–Crippen LogP) is 2.06. The van der Waals surface area contributed by atoms with Gasteiger partial charge in [-0.1, -0.05) is 30.4 Å².